The summed E-state index contributed by atoms with van der Waals surface area (Å²) >= 11 is 6.25. The third-order valence-corrected chi connectivity index (χ3v) is 6.69. The van der Waals surface area contributed by atoms with Crippen molar-refractivity contribution in [3.05, 3.63) is 53.3 Å². The number of ether oxygens (including phenoxy) is 1. The largest absolute Gasteiger partial charge is 0.443 e. The van der Waals surface area contributed by atoms with Gasteiger partial charge in [0.25, 0.3) is 0 Å². The number of likely N-dealkylation sites (tertiary alicyclic amines) is 1. The third-order valence-electron chi connectivity index (χ3n) is 6.36. The predicted octanol–water partition coefficient (Wildman–Crippen LogP) is 6.90. The average Bonchev–Trinajstić information content (AvgIpc) is 3.37. The van der Waals surface area contributed by atoms with Gasteiger partial charge in [0, 0.05) is 22.2 Å². The van der Waals surface area contributed by atoms with Crippen LogP contribution in [-0.4, -0.2) is 34.6 Å². The summed E-state index contributed by atoms with van der Waals surface area (Å²) in [6.45, 7) is 10.1. The van der Waals surface area contributed by atoms with Crippen molar-refractivity contribution in [3.8, 4) is 11.1 Å². The van der Waals surface area contributed by atoms with Crippen LogP contribution < -0.4 is 5.32 Å². The first kappa shape index (κ1) is 24.5. The molecule has 1 N–H and O–H groups in total. The van der Waals surface area contributed by atoms with Crippen LogP contribution in [-0.2, 0) is 9.53 Å². The number of nitrogens with one attached hydrogen (secondary N) is 1. The molecule has 3 atom stereocenters. The second-order valence-electron chi connectivity index (χ2n) is 11.2. The van der Waals surface area contributed by atoms with E-state index in [0.29, 0.717) is 29.0 Å². The molecule has 1 aliphatic heterocycles. The van der Waals surface area contributed by atoms with Crippen LogP contribution in [0.15, 0.2) is 42.5 Å². The summed E-state index contributed by atoms with van der Waals surface area (Å²) in [7, 11) is 0. The van der Waals surface area contributed by atoms with Crippen molar-refractivity contribution in [3.63, 3.8) is 0 Å². The smallest absolute Gasteiger partial charge is 0.411 e. The zero-order chi connectivity index (χ0) is 24.8. The molecular formula is C27H32ClFN2O3. The van der Waals surface area contributed by atoms with Crippen LogP contribution in [0.2, 0.25) is 5.02 Å². The number of nitrogens with zero attached hydrogens (tertiary/aromatic N) is 1. The van der Waals surface area contributed by atoms with Crippen LogP contribution in [0.25, 0.3) is 11.1 Å². The fourth-order valence-corrected chi connectivity index (χ4v) is 5.53. The molecule has 2 amide bonds. The highest BCUT2D eigenvalue weighted by Gasteiger charge is 2.57. The first-order valence-electron chi connectivity index (χ1n) is 11.7. The summed E-state index contributed by atoms with van der Waals surface area (Å²) in [6, 6.07) is 11.1. The van der Waals surface area contributed by atoms with Gasteiger partial charge in [-0.2, -0.15) is 0 Å². The monoisotopic (exact) mass is 486 g/mol. The summed E-state index contributed by atoms with van der Waals surface area (Å²) in [5, 5.41) is 3.13. The van der Waals surface area contributed by atoms with Crippen molar-refractivity contribution in [1.29, 1.82) is 0 Å². The minimum atomic E-state index is -0.690. The summed E-state index contributed by atoms with van der Waals surface area (Å²) in [6.07, 6.45) is 1.63. The molecule has 2 aliphatic rings. The third kappa shape index (κ3) is 5.22. The number of fused-ring (bicyclic) bond motifs is 1. The summed E-state index contributed by atoms with van der Waals surface area (Å²) < 4.78 is 21.2. The van der Waals surface area contributed by atoms with E-state index in [0.717, 1.165) is 6.42 Å². The predicted molar refractivity (Wildman–Crippen MR) is 132 cm³/mol. The topological polar surface area (TPSA) is 58.6 Å². The van der Waals surface area contributed by atoms with Crippen molar-refractivity contribution in [2.75, 3.05) is 5.32 Å². The van der Waals surface area contributed by atoms with E-state index in [1.165, 1.54) is 6.07 Å². The molecule has 7 heteroatoms. The minimum Gasteiger partial charge on any atom is -0.443 e. The van der Waals surface area contributed by atoms with E-state index in [2.05, 4.69) is 26.1 Å². The molecule has 1 saturated carbocycles. The van der Waals surface area contributed by atoms with Crippen LogP contribution in [0, 0.1) is 17.2 Å². The molecule has 0 radical (unpaired) electrons. The lowest BCUT2D eigenvalue weighted by Gasteiger charge is -2.35. The lowest BCUT2D eigenvalue weighted by molar-refractivity contribution is -0.121. The van der Waals surface area contributed by atoms with Crippen LogP contribution >= 0.6 is 11.6 Å². The van der Waals surface area contributed by atoms with E-state index in [4.69, 9.17) is 16.3 Å². The van der Waals surface area contributed by atoms with Crippen LogP contribution in [0.5, 0.6) is 0 Å². The minimum absolute atomic E-state index is 0.00740. The zero-order valence-corrected chi connectivity index (χ0v) is 21.1. The lowest BCUT2D eigenvalue weighted by Crippen LogP contribution is -2.48. The van der Waals surface area contributed by atoms with Gasteiger partial charge in [-0.15, -0.1) is 0 Å². The van der Waals surface area contributed by atoms with Crippen molar-refractivity contribution in [2.24, 2.45) is 11.3 Å². The Bertz CT molecular complexity index is 1110. The van der Waals surface area contributed by atoms with Gasteiger partial charge in [-0.05, 0) is 56.6 Å². The zero-order valence-electron chi connectivity index (χ0n) is 20.3. The van der Waals surface area contributed by atoms with Crippen molar-refractivity contribution in [1.82, 2.24) is 4.90 Å². The molecule has 4 rings (SSSR count). The second kappa shape index (κ2) is 8.88. The molecule has 0 aromatic heterocycles. The van der Waals surface area contributed by atoms with Crippen LogP contribution in [0.1, 0.15) is 53.9 Å². The normalized spacial score (nSPS) is 21.7. The average molecular weight is 487 g/mol. The molecule has 0 spiro atoms. The van der Waals surface area contributed by atoms with Crippen molar-refractivity contribution in [2.45, 2.75) is 71.6 Å². The highest BCUT2D eigenvalue weighted by Crippen LogP contribution is 2.49. The van der Waals surface area contributed by atoms with Gasteiger partial charge >= 0.3 is 6.09 Å². The van der Waals surface area contributed by atoms with Crippen LogP contribution in [0.4, 0.5) is 14.9 Å². The van der Waals surface area contributed by atoms with Crippen molar-refractivity contribution < 1.29 is 18.7 Å². The Hall–Kier alpha value is -2.60. The lowest BCUT2D eigenvalue weighted by atomic mass is 9.84. The summed E-state index contributed by atoms with van der Waals surface area (Å²) in [5.74, 6) is -0.686. The van der Waals surface area contributed by atoms with Gasteiger partial charge in [0.15, 0.2) is 5.82 Å². The Morgan fingerprint density at radius 1 is 1.06 bits per heavy atom. The Morgan fingerprint density at radius 2 is 1.74 bits per heavy atom. The maximum atomic E-state index is 15.3. The standard InChI is InChI=1S/C27H32ClFN2O3/c1-26(2,3)15-27(4,5)34-25(33)31-21-13-16(21)14-22(31)24(32)30-20-12-8-10-18(23(20)29)17-9-6-7-11-19(17)28/h6-12,16,21-22H,13-15H2,1-5H3,(H,30,32)/t16-,21-,22+/m1/s1. The Labute approximate surface area is 205 Å². The highest BCUT2D eigenvalue weighted by atomic mass is 35.5. The molecule has 2 aromatic carbocycles. The number of anilines is 1. The maximum absolute atomic E-state index is 15.3. The van der Waals surface area contributed by atoms with E-state index < -0.39 is 29.5 Å². The number of carbonyl (C=O) groups is 2. The first-order valence-corrected chi connectivity index (χ1v) is 12.1. The van der Waals surface area contributed by atoms with Gasteiger partial charge in [0.1, 0.15) is 11.6 Å². The number of amides is 2. The number of hydrogen-bond acceptors (Lipinski definition) is 3. The molecular weight excluding hydrogens is 455 g/mol. The van der Waals surface area contributed by atoms with Gasteiger partial charge in [0.2, 0.25) is 5.91 Å². The SMILES string of the molecule is CC(C)(C)CC(C)(C)OC(=O)N1[C@@H]2C[C@@H]2C[C@H]1C(=O)Nc1cccc(-c2ccccc2Cl)c1F. The molecule has 1 aliphatic carbocycles. The first-order chi connectivity index (χ1) is 15.9. The molecule has 182 valence electrons. The molecule has 2 fully saturated rings. The van der Waals surface area contributed by atoms with E-state index in [1.807, 2.05) is 13.8 Å². The Kier molecular flexibility index (Phi) is 6.40. The molecule has 1 saturated heterocycles. The van der Waals surface area contributed by atoms with Gasteiger partial charge in [-0.3, -0.25) is 9.69 Å². The highest BCUT2D eigenvalue weighted by molar-refractivity contribution is 6.33. The van der Waals surface area contributed by atoms with Gasteiger partial charge in [0.05, 0.1) is 5.69 Å². The van der Waals surface area contributed by atoms with Crippen molar-refractivity contribution >= 4 is 29.3 Å². The van der Waals surface area contributed by atoms with E-state index in [-0.39, 0.29) is 23.1 Å². The number of hydrogen-bond donors (Lipinski definition) is 1. The fraction of sp³-hybridized carbons (Fsp3) is 0.481. The molecule has 5 nitrogen and oxygen atoms in total. The number of piperidine rings is 1. The summed E-state index contributed by atoms with van der Waals surface area (Å²) in [5.41, 5.74) is 0.227. The second-order valence-corrected chi connectivity index (χ2v) is 11.6. The molecule has 0 bridgehead atoms. The van der Waals surface area contributed by atoms with E-state index >= 15 is 4.39 Å². The molecule has 2 aromatic rings. The number of halogens is 2. The Balaban J connectivity index is 1.51. The van der Waals surface area contributed by atoms with E-state index in [9.17, 15) is 9.59 Å². The fourth-order valence-electron chi connectivity index (χ4n) is 5.29. The quantitative estimate of drug-likeness (QED) is 0.500. The Morgan fingerprint density at radius 3 is 2.41 bits per heavy atom. The van der Waals surface area contributed by atoms with Gasteiger partial charge in [-0.25, -0.2) is 9.18 Å². The van der Waals surface area contributed by atoms with Crippen LogP contribution in [0.3, 0.4) is 0 Å². The number of rotatable bonds is 5. The molecule has 34 heavy (non-hydrogen) atoms. The summed E-state index contributed by atoms with van der Waals surface area (Å²) in [4.78, 5) is 27.9. The molecule has 1 heterocycles. The number of carbonyl (C=O) groups excluding carboxylic acids is 2. The van der Waals surface area contributed by atoms with E-state index in [1.54, 1.807) is 41.3 Å². The van der Waals surface area contributed by atoms with Gasteiger partial charge < -0.3 is 10.1 Å². The number of benzene rings is 2. The maximum Gasteiger partial charge on any atom is 0.411 e. The van der Waals surface area contributed by atoms with Gasteiger partial charge in [-0.1, -0.05) is 62.7 Å². The molecule has 0 unspecified atom stereocenters.